The molecule has 0 aromatic heterocycles. The minimum Gasteiger partial charge on any atom is -0.334 e. The highest BCUT2D eigenvalue weighted by Crippen LogP contribution is 2.33. The topological polar surface area (TPSA) is 133 Å². The molecule has 0 spiro atoms. The summed E-state index contributed by atoms with van der Waals surface area (Å²) in [5, 5.41) is 22.3. The molecular formula is C11H11N3O7. The molecule has 0 heterocycles. The van der Waals surface area contributed by atoms with Gasteiger partial charge in [-0.15, -0.1) is 5.06 Å². The van der Waals surface area contributed by atoms with Crippen LogP contribution in [0.3, 0.4) is 0 Å². The number of nitro benzene ring substituents is 2. The van der Waals surface area contributed by atoms with E-state index in [1.807, 2.05) is 0 Å². The molecule has 1 aromatic carbocycles. The van der Waals surface area contributed by atoms with Crippen LogP contribution in [0.4, 0.5) is 17.1 Å². The molecule has 0 aliphatic carbocycles. The van der Waals surface area contributed by atoms with E-state index in [2.05, 4.69) is 4.84 Å². The summed E-state index contributed by atoms with van der Waals surface area (Å²) >= 11 is 0. The number of rotatable bonds is 3. The molecule has 1 rings (SSSR count). The van der Waals surface area contributed by atoms with Gasteiger partial charge < -0.3 is 4.84 Å². The van der Waals surface area contributed by atoms with Crippen molar-refractivity contribution in [2.45, 2.75) is 20.8 Å². The molecule has 10 heteroatoms. The molecule has 112 valence electrons. The highest BCUT2D eigenvalue weighted by atomic mass is 16.7. The first kappa shape index (κ1) is 16.0. The number of nitro groups is 2. The quantitative estimate of drug-likeness (QED) is 0.611. The molecule has 0 fully saturated rings. The fraction of sp³-hybridized carbons (Fsp3) is 0.273. The van der Waals surface area contributed by atoms with Crippen LogP contribution in [0.5, 0.6) is 0 Å². The molecule has 0 radical (unpaired) electrons. The summed E-state index contributed by atoms with van der Waals surface area (Å²) in [6, 6.07) is 1.85. The van der Waals surface area contributed by atoms with Crippen molar-refractivity contribution >= 4 is 28.9 Å². The third-order valence-electron chi connectivity index (χ3n) is 2.47. The highest BCUT2D eigenvalue weighted by Gasteiger charge is 2.27. The van der Waals surface area contributed by atoms with E-state index >= 15 is 0 Å². The van der Waals surface area contributed by atoms with Crippen LogP contribution in [0.15, 0.2) is 12.1 Å². The van der Waals surface area contributed by atoms with Gasteiger partial charge in [-0.3, -0.25) is 25.0 Å². The molecule has 0 aliphatic rings. The van der Waals surface area contributed by atoms with Gasteiger partial charge in [0.25, 0.3) is 17.3 Å². The van der Waals surface area contributed by atoms with Gasteiger partial charge in [-0.1, -0.05) is 0 Å². The lowest BCUT2D eigenvalue weighted by Crippen LogP contribution is -2.30. The Bertz CT molecular complexity index is 606. The van der Waals surface area contributed by atoms with Gasteiger partial charge >= 0.3 is 5.97 Å². The van der Waals surface area contributed by atoms with E-state index in [1.165, 1.54) is 6.92 Å². The number of nitrogens with zero attached hydrogens (tertiary/aromatic N) is 3. The van der Waals surface area contributed by atoms with Crippen molar-refractivity contribution in [2.24, 2.45) is 0 Å². The summed E-state index contributed by atoms with van der Waals surface area (Å²) in [6.07, 6.45) is 0. The van der Waals surface area contributed by atoms with E-state index < -0.39 is 33.1 Å². The third-order valence-corrected chi connectivity index (χ3v) is 2.47. The van der Waals surface area contributed by atoms with Crippen LogP contribution < -0.4 is 5.06 Å². The third kappa shape index (κ3) is 3.49. The first-order valence-corrected chi connectivity index (χ1v) is 5.57. The van der Waals surface area contributed by atoms with Crippen LogP contribution in [0.1, 0.15) is 19.4 Å². The monoisotopic (exact) mass is 297 g/mol. The normalized spacial score (nSPS) is 9.86. The number of carbonyl (C=O) groups is 2. The van der Waals surface area contributed by atoms with Gasteiger partial charge in [-0.05, 0) is 6.92 Å². The van der Waals surface area contributed by atoms with E-state index in [-0.39, 0.29) is 11.3 Å². The summed E-state index contributed by atoms with van der Waals surface area (Å²) < 4.78 is 0. The molecule has 0 bridgehead atoms. The van der Waals surface area contributed by atoms with E-state index in [1.54, 1.807) is 0 Å². The fourth-order valence-corrected chi connectivity index (χ4v) is 1.59. The van der Waals surface area contributed by atoms with Gasteiger partial charge in [-0.25, -0.2) is 4.79 Å². The van der Waals surface area contributed by atoms with Crippen molar-refractivity contribution in [2.75, 3.05) is 5.06 Å². The van der Waals surface area contributed by atoms with E-state index in [0.29, 0.717) is 5.06 Å². The summed E-state index contributed by atoms with van der Waals surface area (Å²) in [4.78, 5) is 47.2. The molecule has 0 saturated carbocycles. The number of hydrogen-bond donors (Lipinski definition) is 0. The van der Waals surface area contributed by atoms with Crippen LogP contribution in [0.25, 0.3) is 0 Å². The van der Waals surface area contributed by atoms with Crippen LogP contribution in [-0.4, -0.2) is 21.7 Å². The van der Waals surface area contributed by atoms with E-state index in [0.717, 1.165) is 26.0 Å². The second-order valence-corrected chi connectivity index (χ2v) is 4.02. The number of anilines is 1. The zero-order chi connectivity index (χ0) is 16.3. The first-order valence-electron chi connectivity index (χ1n) is 5.57. The standard InChI is InChI=1S/C11H11N3O7/c1-6-10(13(17)18)4-9(5-11(6)14(19)20)12(7(2)15)21-8(3)16/h4-5H,1-3H3. The Labute approximate surface area is 118 Å². The smallest absolute Gasteiger partial charge is 0.330 e. The Balaban J connectivity index is 3.54. The zero-order valence-electron chi connectivity index (χ0n) is 11.4. The molecule has 0 unspecified atom stereocenters. The summed E-state index contributed by atoms with van der Waals surface area (Å²) in [6.45, 7) is 3.28. The Morgan fingerprint density at radius 1 is 1.10 bits per heavy atom. The average molecular weight is 297 g/mol. The number of amides is 1. The lowest BCUT2D eigenvalue weighted by atomic mass is 10.1. The number of hydrogen-bond acceptors (Lipinski definition) is 7. The van der Waals surface area contributed by atoms with Crippen molar-refractivity contribution in [1.82, 2.24) is 0 Å². The predicted octanol–water partition coefficient (Wildman–Crippen LogP) is 1.64. The molecule has 1 aromatic rings. The molecule has 0 atom stereocenters. The average Bonchev–Trinajstić information content (AvgIpc) is 2.35. The minimum atomic E-state index is -0.851. The Hall–Kier alpha value is -3.04. The molecule has 21 heavy (non-hydrogen) atoms. The number of hydroxylamine groups is 1. The predicted molar refractivity (Wildman–Crippen MR) is 69.4 cm³/mol. The molecule has 0 N–H and O–H groups in total. The van der Waals surface area contributed by atoms with Crippen LogP contribution in [0, 0.1) is 27.2 Å². The van der Waals surface area contributed by atoms with Crippen LogP contribution in [-0.2, 0) is 14.4 Å². The Kier molecular flexibility index (Phi) is 4.53. The van der Waals surface area contributed by atoms with E-state index in [9.17, 15) is 29.8 Å². The molecule has 10 nitrogen and oxygen atoms in total. The lowest BCUT2D eigenvalue weighted by Gasteiger charge is -2.18. The van der Waals surface area contributed by atoms with Crippen LogP contribution >= 0.6 is 0 Å². The van der Waals surface area contributed by atoms with Crippen molar-refractivity contribution in [1.29, 1.82) is 0 Å². The molecule has 1 amide bonds. The largest absolute Gasteiger partial charge is 0.334 e. The van der Waals surface area contributed by atoms with Crippen molar-refractivity contribution < 1.29 is 24.3 Å². The van der Waals surface area contributed by atoms with Crippen molar-refractivity contribution in [3.05, 3.63) is 37.9 Å². The SMILES string of the molecule is CC(=O)ON(C(C)=O)c1cc([N+](=O)[O-])c(C)c([N+](=O)[O-])c1. The molecular weight excluding hydrogens is 286 g/mol. The van der Waals surface area contributed by atoms with Gasteiger partial charge in [0, 0.05) is 26.0 Å². The van der Waals surface area contributed by atoms with Gasteiger partial charge in [0.1, 0.15) is 5.56 Å². The first-order chi connectivity index (χ1) is 9.65. The van der Waals surface area contributed by atoms with Gasteiger partial charge in [0.05, 0.1) is 15.5 Å². The van der Waals surface area contributed by atoms with Crippen molar-refractivity contribution in [3.63, 3.8) is 0 Å². The maximum Gasteiger partial charge on any atom is 0.330 e. The van der Waals surface area contributed by atoms with E-state index in [4.69, 9.17) is 0 Å². The second-order valence-electron chi connectivity index (χ2n) is 4.02. The summed E-state index contributed by atoms with van der Waals surface area (Å²) in [7, 11) is 0. The molecule has 0 aliphatic heterocycles. The fourth-order valence-electron chi connectivity index (χ4n) is 1.59. The van der Waals surface area contributed by atoms with Gasteiger partial charge in [0.2, 0.25) is 0 Å². The van der Waals surface area contributed by atoms with Crippen LogP contribution in [0.2, 0.25) is 0 Å². The van der Waals surface area contributed by atoms with Gasteiger partial charge in [0.15, 0.2) is 0 Å². The lowest BCUT2D eigenvalue weighted by molar-refractivity contribution is -0.395. The molecule has 0 saturated heterocycles. The number of carbonyl (C=O) groups excluding carboxylic acids is 2. The van der Waals surface area contributed by atoms with Gasteiger partial charge in [-0.2, -0.15) is 0 Å². The number of benzene rings is 1. The second kappa shape index (κ2) is 5.94. The Morgan fingerprint density at radius 2 is 1.52 bits per heavy atom. The summed E-state index contributed by atoms with van der Waals surface area (Å²) in [5.74, 6) is -1.62. The maximum absolute atomic E-state index is 11.4. The highest BCUT2D eigenvalue weighted by molar-refractivity contribution is 5.92. The van der Waals surface area contributed by atoms with Crippen molar-refractivity contribution in [3.8, 4) is 0 Å². The minimum absolute atomic E-state index is 0.167. The maximum atomic E-state index is 11.4. The zero-order valence-corrected chi connectivity index (χ0v) is 11.4. The summed E-state index contributed by atoms with van der Waals surface area (Å²) in [5.41, 5.74) is -1.56. The Morgan fingerprint density at radius 3 is 1.81 bits per heavy atom.